The molecule has 2 N–H and O–H groups in total. The molecule has 2 heterocycles. The highest BCUT2D eigenvalue weighted by Crippen LogP contribution is 2.19. The average Bonchev–Trinajstić information content (AvgIpc) is 3.02. The Morgan fingerprint density at radius 2 is 1.95 bits per heavy atom. The van der Waals surface area contributed by atoms with Crippen LogP contribution >= 0.6 is 0 Å². The third-order valence-corrected chi connectivity index (χ3v) is 4.65. The lowest BCUT2D eigenvalue weighted by atomic mass is 9.98. The summed E-state index contributed by atoms with van der Waals surface area (Å²) in [5, 5.41) is 6.85. The minimum absolute atomic E-state index is 0.169. The van der Waals surface area contributed by atoms with E-state index in [4.69, 9.17) is 4.74 Å². The number of nitrogens with one attached hydrogen (secondary N) is 2. The fourth-order valence-corrected chi connectivity index (χ4v) is 3.15. The van der Waals surface area contributed by atoms with Crippen LogP contribution < -0.4 is 10.6 Å². The average molecular weight is 296 g/mol. The second-order valence-electron chi connectivity index (χ2n) is 6.80. The van der Waals surface area contributed by atoms with Crippen molar-refractivity contribution in [2.75, 3.05) is 39.8 Å². The SMILES string of the molecule is CN=C(NCC1CCCO1)NCC(C)(C)N1CCCCC1. The molecule has 2 saturated heterocycles. The molecular weight excluding hydrogens is 264 g/mol. The molecular formula is C16H32N4O. The van der Waals surface area contributed by atoms with Gasteiger partial charge in [0.2, 0.25) is 0 Å². The molecule has 5 heteroatoms. The maximum Gasteiger partial charge on any atom is 0.191 e. The summed E-state index contributed by atoms with van der Waals surface area (Å²) < 4.78 is 5.63. The Kier molecular flexibility index (Phi) is 6.30. The Bertz CT molecular complexity index is 331. The van der Waals surface area contributed by atoms with Crippen LogP contribution in [0.3, 0.4) is 0 Å². The molecule has 0 aromatic heterocycles. The van der Waals surface area contributed by atoms with Gasteiger partial charge in [-0.2, -0.15) is 0 Å². The second-order valence-corrected chi connectivity index (χ2v) is 6.80. The fourth-order valence-electron chi connectivity index (χ4n) is 3.15. The Morgan fingerprint density at radius 3 is 2.57 bits per heavy atom. The molecule has 0 saturated carbocycles. The number of hydrogen-bond acceptors (Lipinski definition) is 3. The molecule has 0 radical (unpaired) electrons. The van der Waals surface area contributed by atoms with Gasteiger partial charge in [-0.05, 0) is 52.6 Å². The van der Waals surface area contributed by atoms with Crippen LogP contribution in [0.5, 0.6) is 0 Å². The first kappa shape index (κ1) is 16.6. The molecule has 122 valence electrons. The van der Waals surface area contributed by atoms with Crippen molar-refractivity contribution in [3.05, 3.63) is 0 Å². The number of guanidine groups is 1. The number of piperidine rings is 1. The molecule has 5 nitrogen and oxygen atoms in total. The molecule has 0 aliphatic carbocycles. The number of hydrogen-bond donors (Lipinski definition) is 2. The third-order valence-electron chi connectivity index (χ3n) is 4.65. The molecule has 2 aliphatic rings. The van der Waals surface area contributed by atoms with Gasteiger partial charge in [0.15, 0.2) is 5.96 Å². The van der Waals surface area contributed by atoms with E-state index in [1.165, 1.54) is 38.8 Å². The van der Waals surface area contributed by atoms with E-state index in [2.05, 4.69) is 34.4 Å². The third kappa shape index (κ3) is 5.15. The maximum atomic E-state index is 5.63. The zero-order valence-electron chi connectivity index (χ0n) is 14.0. The van der Waals surface area contributed by atoms with Crippen LogP contribution in [0.15, 0.2) is 4.99 Å². The minimum atomic E-state index is 0.169. The van der Waals surface area contributed by atoms with Gasteiger partial charge in [0.25, 0.3) is 0 Å². The van der Waals surface area contributed by atoms with Crippen LogP contribution in [0.2, 0.25) is 0 Å². The first-order chi connectivity index (χ1) is 10.1. The van der Waals surface area contributed by atoms with Crippen molar-refractivity contribution in [2.45, 2.75) is 57.6 Å². The Balaban J connectivity index is 1.73. The molecule has 2 aliphatic heterocycles. The molecule has 1 atom stereocenters. The predicted molar refractivity (Wildman–Crippen MR) is 87.8 cm³/mol. The molecule has 21 heavy (non-hydrogen) atoms. The van der Waals surface area contributed by atoms with Gasteiger partial charge in [0.1, 0.15) is 0 Å². The van der Waals surface area contributed by atoms with E-state index in [1.807, 2.05) is 7.05 Å². The van der Waals surface area contributed by atoms with E-state index >= 15 is 0 Å². The monoisotopic (exact) mass is 296 g/mol. The summed E-state index contributed by atoms with van der Waals surface area (Å²) >= 11 is 0. The first-order valence-electron chi connectivity index (χ1n) is 8.43. The summed E-state index contributed by atoms with van der Waals surface area (Å²) in [5.74, 6) is 0.885. The summed E-state index contributed by atoms with van der Waals surface area (Å²) in [6.45, 7) is 9.74. The smallest absolute Gasteiger partial charge is 0.191 e. The lowest BCUT2D eigenvalue weighted by Gasteiger charge is -2.41. The Morgan fingerprint density at radius 1 is 1.19 bits per heavy atom. The summed E-state index contributed by atoms with van der Waals surface area (Å²) in [7, 11) is 1.83. The van der Waals surface area contributed by atoms with Crippen molar-refractivity contribution in [3.8, 4) is 0 Å². The van der Waals surface area contributed by atoms with Crippen molar-refractivity contribution in [1.82, 2.24) is 15.5 Å². The Hall–Kier alpha value is -0.810. The Labute approximate surface area is 129 Å². The molecule has 2 fully saturated rings. The van der Waals surface area contributed by atoms with Crippen molar-refractivity contribution in [3.63, 3.8) is 0 Å². The van der Waals surface area contributed by atoms with E-state index < -0.39 is 0 Å². The number of nitrogens with zero attached hydrogens (tertiary/aromatic N) is 2. The second kappa shape index (κ2) is 7.99. The van der Waals surface area contributed by atoms with Crippen molar-refractivity contribution >= 4 is 5.96 Å². The highest BCUT2D eigenvalue weighted by molar-refractivity contribution is 5.79. The highest BCUT2D eigenvalue weighted by atomic mass is 16.5. The number of ether oxygens (including phenoxy) is 1. The van der Waals surface area contributed by atoms with Crippen LogP contribution in [0.25, 0.3) is 0 Å². The van der Waals surface area contributed by atoms with Gasteiger partial charge < -0.3 is 15.4 Å². The first-order valence-corrected chi connectivity index (χ1v) is 8.43. The van der Waals surface area contributed by atoms with Crippen LogP contribution in [0.1, 0.15) is 46.0 Å². The number of likely N-dealkylation sites (tertiary alicyclic amines) is 1. The van der Waals surface area contributed by atoms with Crippen LogP contribution in [-0.4, -0.2) is 62.3 Å². The van der Waals surface area contributed by atoms with E-state index in [9.17, 15) is 0 Å². The summed E-state index contributed by atoms with van der Waals surface area (Å²) in [6.07, 6.45) is 6.72. The summed E-state index contributed by atoms with van der Waals surface area (Å²) in [6, 6.07) is 0. The van der Waals surface area contributed by atoms with Crippen molar-refractivity contribution in [2.24, 2.45) is 4.99 Å². The molecule has 0 amide bonds. The lowest BCUT2D eigenvalue weighted by molar-refractivity contribution is 0.0978. The van der Waals surface area contributed by atoms with Gasteiger partial charge in [-0.15, -0.1) is 0 Å². The molecule has 2 rings (SSSR count). The zero-order valence-corrected chi connectivity index (χ0v) is 14.0. The van der Waals surface area contributed by atoms with Crippen molar-refractivity contribution < 1.29 is 4.74 Å². The van der Waals surface area contributed by atoms with Gasteiger partial charge in [-0.3, -0.25) is 9.89 Å². The molecule has 0 aromatic rings. The maximum absolute atomic E-state index is 5.63. The van der Waals surface area contributed by atoms with Crippen LogP contribution in [0, 0.1) is 0 Å². The van der Waals surface area contributed by atoms with Crippen LogP contribution in [-0.2, 0) is 4.74 Å². The largest absolute Gasteiger partial charge is 0.376 e. The quantitative estimate of drug-likeness (QED) is 0.597. The van der Waals surface area contributed by atoms with E-state index in [1.54, 1.807) is 0 Å². The van der Waals surface area contributed by atoms with Gasteiger partial charge in [-0.1, -0.05) is 6.42 Å². The standard InChI is InChI=1S/C16H32N4O/c1-16(2,20-9-5-4-6-10-20)13-19-15(17-3)18-12-14-8-7-11-21-14/h14H,4-13H2,1-3H3,(H2,17,18,19). The molecule has 0 bridgehead atoms. The van der Waals surface area contributed by atoms with E-state index in [0.29, 0.717) is 6.10 Å². The lowest BCUT2D eigenvalue weighted by Crippen LogP contribution is -2.55. The minimum Gasteiger partial charge on any atom is -0.376 e. The van der Waals surface area contributed by atoms with E-state index in [0.717, 1.165) is 32.1 Å². The van der Waals surface area contributed by atoms with Gasteiger partial charge in [0, 0.05) is 32.3 Å². The predicted octanol–water partition coefficient (Wildman–Crippen LogP) is 1.59. The number of aliphatic imine (C=N–C) groups is 1. The molecule has 0 aromatic carbocycles. The van der Waals surface area contributed by atoms with Gasteiger partial charge in [0.05, 0.1) is 6.10 Å². The summed E-state index contributed by atoms with van der Waals surface area (Å²) in [5.41, 5.74) is 0.169. The number of rotatable bonds is 5. The highest BCUT2D eigenvalue weighted by Gasteiger charge is 2.28. The normalized spacial score (nSPS) is 25.1. The topological polar surface area (TPSA) is 48.9 Å². The fraction of sp³-hybridized carbons (Fsp3) is 0.938. The molecule has 0 spiro atoms. The zero-order chi connectivity index (χ0) is 15.1. The van der Waals surface area contributed by atoms with E-state index in [-0.39, 0.29) is 5.54 Å². The van der Waals surface area contributed by atoms with Crippen molar-refractivity contribution in [1.29, 1.82) is 0 Å². The molecule has 1 unspecified atom stereocenters. The summed E-state index contributed by atoms with van der Waals surface area (Å²) in [4.78, 5) is 6.91. The van der Waals surface area contributed by atoms with Gasteiger partial charge >= 0.3 is 0 Å². The van der Waals surface area contributed by atoms with Gasteiger partial charge in [-0.25, -0.2) is 0 Å². The van der Waals surface area contributed by atoms with Crippen LogP contribution in [0.4, 0.5) is 0 Å².